The molecule has 0 aliphatic heterocycles. The van der Waals surface area contributed by atoms with Gasteiger partial charge in [0.1, 0.15) is 0 Å². The molecule has 5 heteroatoms. The van der Waals surface area contributed by atoms with Crippen molar-refractivity contribution in [2.45, 2.75) is 0 Å². The lowest BCUT2D eigenvalue weighted by molar-refractivity contribution is 1.26. The van der Waals surface area contributed by atoms with Gasteiger partial charge in [-0.15, -0.1) is 0 Å². The molecule has 80 valence electrons. The first-order chi connectivity index (χ1) is 7.68. The number of pyridine rings is 1. The molecule has 0 saturated carbocycles. The van der Waals surface area contributed by atoms with Gasteiger partial charge in [-0.2, -0.15) is 0 Å². The Balaban J connectivity index is 2.74. The number of hydrogen-bond donors (Lipinski definition) is 2. The summed E-state index contributed by atoms with van der Waals surface area (Å²) in [7, 11) is 0. The van der Waals surface area contributed by atoms with Crippen molar-refractivity contribution in [2.75, 3.05) is 0 Å². The number of aromatic amines is 2. The molecule has 0 amide bonds. The fourth-order valence-electron chi connectivity index (χ4n) is 1.88. The molecule has 1 aromatic carbocycles. The summed E-state index contributed by atoms with van der Waals surface area (Å²) in [6.07, 6.45) is 1.62. The van der Waals surface area contributed by atoms with E-state index in [2.05, 4.69) is 25.9 Å². The summed E-state index contributed by atoms with van der Waals surface area (Å²) >= 11 is 9.50. The first-order valence-electron chi connectivity index (χ1n) is 4.65. The molecule has 3 nitrogen and oxygen atoms in total. The summed E-state index contributed by atoms with van der Waals surface area (Å²) in [5, 5.41) is 1.93. The van der Waals surface area contributed by atoms with Gasteiger partial charge in [0.05, 0.1) is 20.4 Å². The second-order valence-corrected chi connectivity index (χ2v) is 4.76. The highest BCUT2D eigenvalue weighted by Crippen LogP contribution is 2.31. The van der Waals surface area contributed by atoms with Gasteiger partial charge in [0.15, 0.2) is 0 Å². The SMILES string of the molecule is O=c1[nH]cc(Br)c2[nH]c3cccc(Cl)c3c12. The zero-order valence-corrected chi connectivity index (χ0v) is 10.3. The number of H-pyrrole nitrogens is 2. The van der Waals surface area contributed by atoms with E-state index < -0.39 is 0 Å². The van der Waals surface area contributed by atoms with E-state index in [-0.39, 0.29) is 5.56 Å². The van der Waals surface area contributed by atoms with E-state index in [0.717, 1.165) is 20.9 Å². The fraction of sp³-hybridized carbons (Fsp3) is 0. The van der Waals surface area contributed by atoms with Crippen molar-refractivity contribution in [3.8, 4) is 0 Å². The molecule has 0 bridgehead atoms. The molecule has 2 aromatic heterocycles. The van der Waals surface area contributed by atoms with Crippen molar-refractivity contribution in [1.29, 1.82) is 0 Å². The average molecular weight is 298 g/mol. The van der Waals surface area contributed by atoms with Crippen molar-refractivity contribution < 1.29 is 0 Å². The van der Waals surface area contributed by atoms with Gasteiger partial charge in [0, 0.05) is 17.1 Å². The number of halogens is 2. The van der Waals surface area contributed by atoms with Crippen LogP contribution in [0.1, 0.15) is 0 Å². The van der Waals surface area contributed by atoms with Crippen LogP contribution in [0.15, 0.2) is 33.7 Å². The number of hydrogen-bond acceptors (Lipinski definition) is 1. The maximum absolute atomic E-state index is 11.8. The second-order valence-electron chi connectivity index (χ2n) is 3.50. The maximum Gasteiger partial charge on any atom is 0.258 e. The monoisotopic (exact) mass is 296 g/mol. The number of nitrogens with one attached hydrogen (secondary N) is 2. The Labute approximate surface area is 104 Å². The molecule has 0 aliphatic carbocycles. The largest absolute Gasteiger partial charge is 0.353 e. The van der Waals surface area contributed by atoms with Crippen LogP contribution in [-0.2, 0) is 0 Å². The highest BCUT2D eigenvalue weighted by atomic mass is 79.9. The Hall–Kier alpha value is -1.26. The van der Waals surface area contributed by atoms with Crippen LogP contribution in [0.5, 0.6) is 0 Å². The van der Waals surface area contributed by atoms with Crippen LogP contribution < -0.4 is 5.56 Å². The number of benzene rings is 1. The first-order valence-corrected chi connectivity index (χ1v) is 5.82. The predicted octanol–water partition coefficient (Wildman–Crippen LogP) is 3.43. The number of aromatic nitrogens is 2. The summed E-state index contributed by atoms with van der Waals surface area (Å²) in [4.78, 5) is 17.6. The van der Waals surface area contributed by atoms with E-state index in [1.165, 1.54) is 0 Å². The molecule has 0 aliphatic rings. The van der Waals surface area contributed by atoms with Crippen molar-refractivity contribution in [1.82, 2.24) is 9.97 Å². The normalized spacial score (nSPS) is 11.4. The first kappa shape index (κ1) is 9.93. The van der Waals surface area contributed by atoms with Gasteiger partial charge in [0.2, 0.25) is 0 Å². The van der Waals surface area contributed by atoms with Gasteiger partial charge in [-0.3, -0.25) is 4.79 Å². The lowest BCUT2D eigenvalue weighted by Gasteiger charge is -1.94. The minimum Gasteiger partial charge on any atom is -0.353 e. The van der Waals surface area contributed by atoms with Crippen LogP contribution in [0.4, 0.5) is 0 Å². The molecular weight excluding hydrogens is 291 g/mol. The Morgan fingerprint density at radius 2 is 2.06 bits per heavy atom. The zero-order chi connectivity index (χ0) is 11.3. The van der Waals surface area contributed by atoms with Gasteiger partial charge in [-0.05, 0) is 28.1 Å². The number of fused-ring (bicyclic) bond motifs is 3. The van der Waals surface area contributed by atoms with Crippen molar-refractivity contribution >= 4 is 49.3 Å². The van der Waals surface area contributed by atoms with E-state index in [9.17, 15) is 4.79 Å². The molecule has 0 unspecified atom stereocenters. The Bertz CT molecular complexity index is 760. The Morgan fingerprint density at radius 3 is 2.88 bits per heavy atom. The van der Waals surface area contributed by atoms with E-state index in [0.29, 0.717) is 10.4 Å². The fourth-order valence-corrected chi connectivity index (χ4v) is 2.56. The van der Waals surface area contributed by atoms with Crippen molar-refractivity contribution in [2.24, 2.45) is 0 Å². The molecule has 0 atom stereocenters. The number of rotatable bonds is 0. The average Bonchev–Trinajstić information content (AvgIpc) is 2.65. The molecule has 0 saturated heterocycles. The molecule has 2 N–H and O–H groups in total. The van der Waals surface area contributed by atoms with Crippen LogP contribution >= 0.6 is 27.5 Å². The lowest BCUT2D eigenvalue weighted by Crippen LogP contribution is -2.04. The third-order valence-electron chi connectivity index (χ3n) is 2.57. The summed E-state index contributed by atoms with van der Waals surface area (Å²) in [5.41, 5.74) is 1.49. The molecule has 3 rings (SSSR count). The molecular formula is C11H6BrClN2O. The van der Waals surface area contributed by atoms with E-state index in [1.807, 2.05) is 12.1 Å². The zero-order valence-electron chi connectivity index (χ0n) is 7.97. The van der Waals surface area contributed by atoms with Crippen molar-refractivity contribution in [3.05, 3.63) is 44.2 Å². The summed E-state index contributed by atoms with van der Waals surface area (Å²) in [6.45, 7) is 0. The molecule has 2 heterocycles. The molecule has 0 radical (unpaired) electrons. The molecule has 0 fully saturated rings. The van der Waals surface area contributed by atoms with Crippen molar-refractivity contribution in [3.63, 3.8) is 0 Å². The van der Waals surface area contributed by atoms with Gasteiger partial charge in [-0.25, -0.2) is 0 Å². The lowest BCUT2D eigenvalue weighted by atomic mass is 10.2. The van der Waals surface area contributed by atoms with Crippen LogP contribution in [0.2, 0.25) is 5.02 Å². The third kappa shape index (κ3) is 1.23. The molecule has 16 heavy (non-hydrogen) atoms. The quantitative estimate of drug-likeness (QED) is 0.656. The van der Waals surface area contributed by atoms with Crippen LogP contribution in [-0.4, -0.2) is 9.97 Å². The summed E-state index contributed by atoms with van der Waals surface area (Å²) in [6, 6.07) is 5.52. The summed E-state index contributed by atoms with van der Waals surface area (Å²) < 4.78 is 0.814. The van der Waals surface area contributed by atoms with Gasteiger partial charge < -0.3 is 9.97 Å². The van der Waals surface area contributed by atoms with Crippen LogP contribution in [0.3, 0.4) is 0 Å². The van der Waals surface area contributed by atoms with Gasteiger partial charge >= 0.3 is 0 Å². The van der Waals surface area contributed by atoms with Crippen LogP contribution in [0.25, 0.3) is 21.8 Å². The second kappa shape index (κ2) is 3.37. The van der Waals surface area contributed by atoms with Gasteiger partial charge in [0.25, 0.3) is 5.56 Å². The van der Waals surface area contributed by atoms with E-state index in [1.54, 1.807) is 12.3 Å². The minimum atomic E-state index is -0.141. The topological polar surface area (TPSA) is 48.6 Å². The Morgan fingerprint density at radius 1 is 1.25 bits per heavy atom. The predicted molar refractivity (Wildman–Crippen MR) is 69.1 cm³/mol. The maximum atomic E-state index is 11.8. The molecule has 3 aromatic rings. The molecule has 0 spiro atoms. The Kier molecular flexibility index (Phi) is 2.09. The van der Waals surface area contributed by atoms with E-state index >= 15 is 0 Å². The van der Waals surface area contributed by atoms with Gasteiger partial charge in [-0.1, -0.05) is 17.7 Å². The highest BCUT2D eigenvalue weighted by molar-refractivity contribution is 9.10. The highest BCUT2D eigenvalue weighted by Gasteiger charge is 2.12. The summed E-state index contributed by atoms with van der Waals surface area (Å²) in [5.74, 6) is 0. The third-order valence-corrected chi connectivity index (χ3v) is 3.51. The smallest absolute Gasteiger partial charge is 0.258 e. The van der Waals surface area contributed by atoms with E-state index in [4.69, 9.17) is 11.6 Å². The van der Waals surface area contributed by atoms with Crippen LogP contribution in [0, 0.1) is 0 Å². The minimum absolute atomic E-state index is 0.141. The standard InChI is InChI=1S/C11H6BrClN2O/c12-5-4-14-11(16)9-8-6(13)2-1-3-7(8)15-10(5)9/h1-4,15H,(H,14,16).